The minimum absolute atomic E-state index is 0.205. The highest BCUT2D eigenvalue weighted by Gasteiger charge is 2.22. The van der Waals surface area contributed by atoms with E-state index < -0.39 is 10.0 Å². The molecule has 0 atom stereocenters. The molecule has 0 amide bonds. The number of para-hydroxylation sites is 1. The first kappa shape index (κ1) is 14.9. The average molecular weight is 356 g/mol. The van der Waals surface area contributed by atoms with Crippen molar-refractivity contribution in [1.82, 2.24) is 0 Å². The highest BCUT2D eigenvalue weighted by atomic mass is 79.9. The Morgan fingerprint density at radius 2 is 1.75 bits per heavy atom. The minimum Gasteiger partial charge on any atom is -0.496 e. The Hall–Kier alpha value is -1.53. The zero-order valence-corrected chi connectivity index (χ0v) is 13.5. The van der Waals surface area contributed by atoms with E-state index in [1.165, 1.54) is 30.6 Å². The van der Waals surface area contributed by atoms with Gasteiger partial charge in [0.05, 0.1) is 22.2 Å². The fourth-order valence-electron chi connectivity index (χ4n) is 1.74. The van der Waals surface area contributed by atoms with Crippen LogP contribution in [-0.4, -0.2) is 22.6 Å². The maximum absolute atomic E-state index is 12.5. The molecule has 0 saturated heterocycles. The van der Waals surface area contributed by atoms with Crippen LogP contribution in [0.2, 0.25) is 0 Å². The van der Waals surface area contributed by atoms with E-state index in [2.05, 4.69) is 15.9 Å². The molecule has 0 spiro atoms. The Morgan fingerprint density at radius 3 is 2.30 bits per heavy atom. The van der Waals surface area contributed by atoms with Crippen LogP contribution in [0.1, 0.15) is 0 Å². The molecule has 0 N–H and O–H groups in total. The van der Waals surface area contributed by atoms with Gasteiger partial charge in [0.2, 0.25) is 0 Å². The maximum atomic E-state index is 12.5. The Kier molecular flexibility index (Phi) is 4.35. The van der Waals surface area contributed by atoms with E-state index in [0.29, 0.717) is 15.9 Å². The molecule has 0 aliphatic heterocycles. The van der Waals surface area contributed by atoms with Gasteiger partial charge in [-0.1, -0.05) is 18.2 Å². The predicted octanol–water partition coefficient (Wildman–Crippen LogP) is 3.28. The lowest BCUT2D eigenvalue weighted by Crippen LogP contribution is -2.26. The van der Waals surface area contributed by atoms with Crippen molar-refractivity contribution in [3.63, 3.8) is 0 Å². The Balaban J connectivity index is 2.43. The second kappa shape index (κ2) is 5.85. The molecule has 0 heterocycles. The van der Waals surface area contributed by atoms with Gasteiger partial charge in [-0.25, -0.2) is 8.42 Å². The summed E-state index contributed by atoms with van der Waals surface area (Å²) < 4.78 is 32.1. The van der Waals surface area contributed by atoms with Gasteiger partial charge < -0.3 is 4.74 Å². The first-order valence-electron chi connectivity index (χ1n) is 5.84. The largest absolute Gasteiger partial charge is 0.496 e. The highest BCUT2D eigenvalue weighted by Crippen LogP contribution is 2.29. The second-order valence-corrected chi connectivity index (χ2v) is 6.93. The van der Waals surface area contributed by atoms with E-state index in [0.717, 1.165) is 0 Å². The standard InChI is InChI=1S/C14H14BrNO3S/c1-16(11-6-4-3-5-7-11)20(17,18)12-8-9-14(19-2)13(15)10-12/h3-10H,1-2H3. The molecule has 2 aromatic rings. The van der Waals surface area contributed by atoms with Gasteiger partial charge in [0.15, 0.2) is 0 Å². The van der Waals surface area contributed by atoms with Crippen molar-refractivity contribution in [2.75, 3.05) is 18.5 Å². The van der Waals surface area contributed by atoms with Crippen molar-refractivity contribution in [1.29, 1.82) is 0 Å². The van der Waals surface area contributed by atoms with Crippen LogP contribution < -0.4 is 9.04 Å². The van der Waals surface area contributed by atoms with Gasteiger partial charge in [-0.05, 0) is 46.3 Å². The third kappa shape index (κ3) is 2.81. The van der Waals surface area contributed by atoms with Crippen LogP contribution in [0.5, 0.6) is 5.75 Å². The smallest absolute Gasteiger partial charge is 0.264 e. The van der Waals surface area contributed by atoms with Gasteiger partial charge in [-0.3, -0.25) is 4.31 Å². The van der Waals surface area contributed by atoms with Crippen molar-refractivity contribution in [2.45, 2.75) is 4.90 Å². The van der Waals surface area contributed by atoms with E-state index in [4.69, 9.17) is 4.74 Å². The van der Waals surface area contributed by atoms with Crippen LogP contribution >= 0.6 is 15.9 Å². The molecule has 6 heteroatoms. The van der Waals surface area contributed by atoms with Gasteiger partial charge in [0, 0.05) is 7.05 Å². The molecule has 0 bridgehead atoms. The summed E-state index contributed by atoms with van der Waals surface area (Å²) in [4.78, 5) is 0.205. The van der Waals surface area contributed by atoms with Crippen molar-refractivity contribution in [3.8, 4) is 5.75 Å². The zero-order chi connectivity index (χ0) is 14.8. The molecule has 106 valence electrons. The number of rotatable bonds is 4. The number of hydrogen-bond acceptors (Lipinski definition) is 3. The van der Waals surface area contributed by atoms with Crippen LogP contribution in [0.25, 0.3) is 0 Å². The summed E-state index contributed by atoms with van der Waals surface area (Å²) in [5, 5.41) is 0. The molecule has 0 aliphatic rings. The van der Waals surface area contributed by atoms with Gasteiger partial charge >= 0.3 is 0 Å². The molecule has 0 saturated carbocycles. The number of sulfonamides is 1. The van der Waals surface area contributed by atoms with Crippen LogP contribution in [0.4, 0.5) is 5.69 Å². The Morgan fingerprint density at radius 1 is 1.10 bits per heavy atom. The SMILES string of the molecule is COc1ccc(S(=O)(=O)N(C)c2ccccc2)cc1Br. The van der Waals surface area contributed by atoms with Gasteiger partial charge in [-0.15, -0.1) is 0 Å². The molecule has 4 nitrogen and oxygen atoms in total. The molecular formula is C14H14BrNO3S. The highest BCUT2D eigenvalue weighted by molar-refractivity contribution is 9.10. The van der Waals surface area contributed by atoms with Crippen molar-refractivity contribution in [2.24, 2.45) is 0 Å². The van der Waals surface area contributed by atoms with Crippen LogP contribution in [-0.2, 0) is 10.0 Å². The number of anilines is 1. The summed E-state index contributed by atoms with van der Waals surface area (Å²) in [6, 6.07) is 13.6. The van der Waals surface area contributed by atoms with E-state index in [-0.39, 0.29) is 4.90 Å². The van der Waals surface area contributed by atoms with E-state index in [9.17, 15) is 8.42 Å². The fraction of sp³-hybridized carbons (Fsp3) is 0.143. The van der Waals surface area contributed by atoms with Crippen molar-refractivity contribution < 1.29 is 13.2 Å². The van der Waals surface area contributed by atoms with Crippen molar-refractivity contribution >= 4 is 31.6 Å². The summed E-state index contributed by atoms with van der Waals surface area (Å²) in [5.41, 5.74) is 0.611. The summed E-state index contributed by atoms with van der Waals surface area (Å²) >= 11 is 3.30. The summed E-state index contributed by atoms with van der Waals surface area (Å²) in [5.74, 6) is 0.589. The predicted molar refractivity (Wildman–Crippen MR) is 82.7 cm³/mol. The van der Waals surface area contributed by atoms with Crippen LogP contribution in [0, 0.1) is 0 Å². The van der Waals surface area contributed by atoms with Gasteiger partial charge in [0.25, 0.3) is 10.0 Å². The average Bonchev–Trinajstić information content (AvgIpc) is 2.47. The lowest BCUT2D eigenvalue weighted by Gasteiger charge is -2.19. The third-order valence-corrected chi connectivity index (χ3v) is 5.30. The van der Waals surface area contributed by atoms with E-state index in [1.807, 2.05) is 6.07 Å². The molecular weight excluding hydrogens is 342 g/mol. The number of benzene rings is 2. The molecule has 0 aliphatic carbocycles. The zero-order valence-electron chi connectivity index (χ0n) is 11.1. The number of ether oxygens (including phenoxy) is 1. The summed E-state index contributed by atoms with van der Waals surface area (Å²) in [6.07, 6.45) is 0. The topological polar surface area (TPSA) is 46.6 Å². The molecule has 2 rings (SSSR count). The summed E-state index contributed by atoms with van der Waals surface area (Å²) in [7, 11) is -0.529. The minimum atomic E-state index is -3.59. The van der Waals surface area contributed by atoms with Gasteiger partial charge in [0.1, 0.15) is 5.75 Å². The Labute approximate surface area is 127 Å². The molecule has 2 aromatic carbocycles. The number of halogens is 1. The molecule has 0 radical (unpaired) electrons. The quantitative estimate of drug-likeness (QED) is 0.845. The number of methoxy groups -OCH3 is 1. The van der Waals surface area contributed by atoms with Crippen molar-refractivity contribution in [3.05, 3.63) is 53.0 Å². The maximum Gasteiger partial charge on any atom is 0.264 e. The lowest BCUT2D eigenvalue weighted by atomic mass is 10.3. The molecule has 20 heavy (non-hydrogen) atoms. The first-order valence-corrected chi connectivity index (χ1v) is 8.07. The summed E-state index contributed by atoms with van der Waals surface area (Å²) in [6.45, 7) is 0. The van der Waals surface area contributed by atoms with Gasteiger partial charge in [-0.2, -0.15) is 0 Å². The monoisotopic (exact) mass is 355 g/mol. The van der Waals surface area contributed by atoms with Crippen LogP contribution in [0.15, 0.2) is 57.9 Å². The van der Waals surface area contributed by atoms with E-state index >= 15 is 0 Å². The lowest BCUT2D eigenvalue weighted by molar-refractivity contribution is 0.411. The second-order valence-electron chi connectivity index (χ2n) is 4.10. The molecule has 0 aromatic heterocycles. The number of hydrogen-bond donors (Lipinski definition) is 0. The number of nitrogens with zero attached hydrogens (tertiary/aromatic N) is 1. The molecule has 0 fully saturated rings. The fourth-order valence-corrected chi connectivity index (χ4v) is 3.66. The first-order chi connectivity index (χ1) is 9.46. The molecule has 0 unspecified atom stereocenters. The van der Waals surface area contributed by atoms with E-state index in [1.54, 1.807) is 30.3 Å². The normalized spacial score (nSPS) is 11.2. The Bertz CT molecular complexity index is 702. The van der Waals surface area contributed by atoms with Crippen LogP contribution in [0.3, 0.4) is 0 Å². The third-order valence-electron chi connectivity index (χ3n) is 2.90.